The molecule has 0 spiro atoms. The Hall–Kier alpha value is -0.760. The van der Waals surface area contributed by atoms with Gasteiger partial charge in [0.25, 0.3) is 0 Å². The maximum absolute atomic E-state index is 12.9. The number of hydrogen-bond acceptors (Lipinski definition) is 5. The number of hydrogen-bond donors (Lipinski definition) is 3. The first kappa shape index (κ1) is 51.2. The molecule has 52 heavy (non-hydrogen) atoms. The Balaban J connectivity index is 4.36. The van der Waals surface area contributed by atoms with Gasteiger partial charge in [0.15, 0.2) is 0 Å². The van der Waals surface area contributed by atoms with Gasteiger partial charge in [0.1, 0.15) is 13.2 Å². The molecule has 3 atom stereocenters. The van der Waals surface area contributed by atoms with Crippen molar-refractivity contribution in [3.63, 3.8) is 0 Å². The first-order valence-electron chi connectivity index (χ1n) is 22.1. The lowest BCUT2D eigenvalue weighted by atomic mass is 10.0. The van der Waals surface area contributed by atoms with Crippen molar-refractivity contribution < 1.29 is 32.9 Å². The zero-order valence-electron chi connectivity index (χ0n) is 35.1. The van der Waals surface area contributed by atoms with Gasteiger partial charge in [-0.1, -0.05) is 174 Å². The molecule has 0 saturated carbocycles. The summed E-state index contributed by atoms with van der Waals surface area (Å²) in [5, 5.41) is 13.9. The third-order valence-electron chi connectivity index (χ3n) is 10.0. The summed E-state index contributed by atoms with van der Waals surface area (Å²) in [5.74, 6) is -0.152. The minimum absolute atomic E-state index is 0.0721. The summed E-state index contributed by atoms with van der Waals surface area (Å²) in [6.07, 6.45) is 39.5. The number of carbonyl (C=O) groups is 1. The normalized spacial score (nSPS) is 14.5. The molecule has 8 nitrogen and oxygen atoms in total. The van der Waals surface area contributed by atoms with Gasteiger partial charge in [-0.2, -0.15) is 0 Å². The SMILES string of the molecule is CCCCCCCCC/C=C/CCCC[C@@H](O)[C@H](COP(=O)(O)OCC[N+](C)(C)C)NC(=O)CCCCCCCCCCCCCCCCCCC. The molecular weight excluding hydrogens is 671 g/mol. The van der Waals surface area contributed by atoms with Gasteiger partial charge in [0, 0.05) is 6.42 Å². The van der Waals surface area contributed by atoms with Crippen molar-refractivity contribution in [2.24, 2.45) is 0 Å². The molecule has 1 unspecified atom stereocenters. The topological polar surface area (TPSA) is 105 Å². The number of aliphatic hydroxyl groups is 1. The van der Waals surface area contributed by atoms with E-state index < -0.39 is 20.0 Å². The van der Waals surface area contributed by atoms with Crippen molar-refractivity contribution in [3.05, 3.63) is 12.2 Å². The third kappa shape index (κ3) is 37.6. The molecule has 0 aromatic rings. The van der Waals surface area contributed by atoms with Crippen LogP contribution in [0.25, 0.3) is 0 Å². The number of unbranched alkanes of at least 4 members (excludes halogenated alkanes) is 25. The van der Waals surface area contributed by atoms with Gasteiger partial charge in [-0.05, 0) is 38.5 Å². The minimum atomic E-state index is -4.31. The van der Waals surface area contributed by atoms with Gasteiger partial charge < -0.3 is 19.8 Å². The van der Waals surface area contributed by atoms with Crippen LogP contribution in [0.2, 0.25) is 0 Å². The highest BCUT2D eigenvalue weighted by molar-refractivity contribution is 7.47. The van der Waals surface area contributed by atoms with E-state index in [1.165, 1.54) is 135 Å². The number of amides is 1. The average molecular weight is 760 g/mol. The molecule has 0 fully saturated rings. The predicted molar refractivity (Wildman–Crippen MR) is 222 cm³/mol. The lowest BCUT2D eigenvalue weighted by Crippen LogP contribution is -2.46. The van der Waals surface area contributed by atoms with E-state index in [2.05, 4.69) is 31.3 Å². The highest BCUT2D eigenvalue weighted by Crippen LogP contribution is 2.43. The molecule has 0 radical (unpaired) electrons. The first-order chi connectivity index (χ1) is 25.0. The molecule has 0 aliphatic carbocycles. The summed E-state index contributed by atoms with van der Waals surface area (Å²) in [6, 6.07) is -0.770. The minimum Gasteiger partial charge on any atom is -0.391 e. The van der Waals surface area contributed by atoms with Gasteiger partial charge >= 0.3 is 7.82 Å². The second kappa shape index (κ2) is 35.9. The Morgan fingerprint density at radius 2 is 1.04 bits per heavy atom. The number of allylic oxidation sites excluding steroid dienone is 2. The van der Waals surface area contributed by atoms with Crippen LogP contribution in [-0.2, 0) is 18.4 Å². The molecule has 0 aliphatic rings. The molecule has 0 saturated heterocycles. The summed E-state index contributed by atoms with van der Waals surface area (Å²) in [7, 11) is 1.61. The highest BCUT2D eigenvalue weighted by Gasteiger charge is 2.28. The van der Waals surface area contributed by atoms with E-state index in [0.717, 1.165) is 44.9 Å². The fourth-order valence-corrected chi connectivity index (χ4v) is 7.19. The summed E-state index contributed by atoms with van der Waals surface area (Å²) in [6.45, 7) is 4.87. The second-order valence-corrected chi connectivity index (χ2v) is 17.9. The number of rotatable bonds is 40. The van der Waals surface area contributed by atoms with Crippen LogP contribution < -0.4 is 5.32 Å². The number of nitrogens with one attached hydrogen (secondary N) is 1. The Labute approximate surface area is 322 Å². The van der Waals surface area contributed by atoms with Crippen molar-refractivity contribution in [2.45, 2.75) is 219 Å². The van der Waals surface area contributed by atoms with E-state index in [-0.39, 0.29) is 19.1 Å². The summed E-state index contributed by atoms with van der Waals surface area (Å²) in [4.78, 5) is 23.1. The van der Waals surface area contributed by atoms with Crippen LogP contribution in [0.3, 0.4) is 0 Å². The lowest BCUT2D eigenvalue weighted by molar-refractivity contribution is -0.870. The fourth-order valence-electron chi connectivity index (χ4n) is 6.45. The maximum Gasteiger partial charge on any atom is 0.472 e. The van der Waals surface area contributed by atoms with Crippen molar-refractivity contribution in [3.8, 4) is 0 Å². The molecule has 1 amide bonds. The van der Waals surface area contributed by atoms with Gasteiger partial charge in [-0.15, -0.1) is 0 Å². The average Bonchev–Trinajstić information content (AvgIpc) is 3.09. The van der Waals surface area contributed by atoms with Crippen molar-refractivity contribution in [1.82, 2.24) is 5.32 Å². The van der Waals surface area contributed by atoms with Crippen LogP contribution in [0, 0.1) is 0 Å². The Kier molecular flexibility index (Phi) is 35.4. The quantitative estimate of drug-likeness (QED) is 0.0249. The Bertz CT molecular complexity index is 865. The van der Waals surface area contributed by atoms with E-state index >= 15 is 0 Å². The number of likely N-dealkylation sites (N-methyl/N-ethyl adjacent to an activating group) is 1. The summed E-state index contributed by atoms with van der Waals surface area (Å²) in [5.41, 5.74) is 0. The lowest BCUT2D eigenvalue weighted by Gasteiger charge is -2.26. The third-order valence-corrected chi connectivity index (χ3v) is 11.0. The van der Waals surface area contributed by atoms with Gasteiger partial charge in [-0.25, -0.2) is 4.57 Å². The summed E-state index contributed by atoms with van der Waals surface area (Å²) < 4.78 is 23.6. The number of quaternary nitrogens is 1. The molecule has 0 aromatic heterocycles. The number of nitrogens with zero attached hydrogens (tertiary/aromatic N) is 1. The Morgan fingerprint density at radius 1 is 0.635 bits per heavy atom. The second-order valence-electron chi connectivity index (χ2n) is 16.4. The standard InChI is InChI=1S/C43H87N2O6P/c1-6-8-10-12-14-16-18-20-21-22-23-25-27-29-31-33-35-37-43(47)44-41(40-51-52(48,49)50-39-38-45(3,4)5)42(46)36-34-32-30-28-26-24-19-17-15-13-11-9-7-2/h26,28,41-42,46H,6-25,27,29-40H2,1-5H3,(H-,44,47,48,49)/p+1/b28-26+/t41-,42+/m0/s1. The zero-order valence-corrected chi connectivity index (χ0v) is 36.0. The van der Waals surface area contributed by atoms with E-state index in [1.807, 2.05) is 21.1 Å². The van der Waals surface area contributed by atoms with Gasteiger partial charge in [-0.3, -0.25) is 13.8 Å². The zero-order chi connectivity index (χ0) is 38.6. The van der Waals surface area contributed by atoms with Crippen LogP contribution in [0.5, 0.6) is 0 Å². The smallest absolute Gasteiger partial charge is 0.391 e. The molecule has 0 aliphatic heterocycles. The molecule has 0 bridgehead atoms. The molecular formula is C43H88N2O6P+. The van der Waals surface area contributed by atoms with Crippen molar-refractivity contribution >= 4 is 13.7 Å². The first-order valence-corrected chi connectivity index (χ1v) is 23.5. The predicted octanol–water partition coefficient (Wildman–Crippen LogP) is 12.0. The highest BCUT2D eigenvalue weighted by atomic mass is 31.2. The molecule has 310 valence electrons. The fraction of sp³-hybridized carbons (Fsp3) is 0.930. The number of aliphatic hydroxyl groups excluding tert-OH is 1. The molecule has 0 heterocycles. The number of phosphoric acid groups is 1. The van der Waals surface area contributed by atoms with Crippen LogP contribution in [0.4, 0.5) is 0 Å². The van der Waals surface area contributed by atoms with Crippen LogP contribution >= 0.6 is 7.82 Å². The molecule has 0 aromatic carbocycles. The van der Waals surface area contributed by atoms with Gasteiger partial charge in [0.05, 0.1) is 39.9 Å². The molecule has 3 N–H and O–H groups in total. The van der Waals surface area contributed by atoms with Gasteiger partial charge in [0.2, 0.25) is 5.91 Å². The maximum atomic E-state index is 12.9. The van der Waals surface area contributed by atoms with E-state index in [4.69, 9.17) is 9.05 Å². The van der Waals surface area contributed by atoms with Crippen LogP contribution in [0.15, 0.2) is 12.2 Å². The Morgan fingerprint density at radius 3 is 1.48 bits per heavy atom. The molecule has 0 rings (SSSR count). The molecule has 9 heteroatoms. The van der Waals surface area contributed by atoms with Crippen LogP contribution in [0.1, 0.15) is 206 Å². The number of carbonyl (C=O) groups excluding carboxylic acids is 1. The van der Waals surface area contributed by atoms with Crippen LogP contribution in [-0.4, -0.2) is 73.4 Å². The van der Waals surface area contributed by atoms with Crippen molar-refractivity contribution in [1.29, 1.82) is 0 Å². The van der Waals surface area contributed by atoms with E-state index in [1.54, 1.807) is 0 Å². The monoisotopic (exact) mass is 760 g/mol. The van der Waals surface area contributed by atoms with Crippen molar-refractivity contribution in [2.75, 3.05) is 40.9 Å². The van der Waals surface area contributed by atoms with E-state index in [0.29, 0.717) is 23.9 Å². The summed E-state index contributed by atoms with van der Waals surface area (Å²) >= 11 is 0. The van der Waals surface area contributed by atoms with E-state index in [9.17, 15) is 19.4 Å². The number of phosphoric ester groups is 1. The largest absolute Gasteiger partial charge is 0.472 e.